The predicted octanol–water partition coefficient (Wildman–Crippen LogP) is 2.93. The van der Waals surface area contributed by atoms with Crippen LogP contribution in [-0.4, -0.2) is 47.9 Å². The Labute approximate surface area is 164 Å². The zero-order chi connectivity index (χ0) is 18.9. The van der Waals surface area contributed by atoms with E-state index < -0.39 is 0 Å². The zero-order valence-electron chi connectivity index (χ0n) is 15.8. The minimum absolute atomic E-state index is 0.104. The molecule has 4 unspecified atom stereocenters. The number of amides is 1. The van der Waals surface area contributed by atoms with Gasteiger partial charge in [-0.3, -0.25) is 14.5 Å². The van der Waals surface area contributed by atoms with E-state index in [2.05, 4.69) is 24.1 Å². The van der Waals surface area contributed by atoms with Crippen LogP contribution in [0.2, 0.25) is 5.02 Å². The largest absolute Gasteiger partial charge is 0.492 e. The number of fused-ring (bicyclic) bond motifs is 2. The normalized spacial score (nSPS) is 35.5. The van der Waals surface area contributed by atoms with E-state index in [1.807, 2.05) is 6.07 Å². The Morgan fingerprint density at radius 2 is 1.93 bits per heavy atom. The van der Waals surface area contributed by atoms with Gasteiger partial charge in [0.15, 0.2) is 0 Å². The molecule has 0 saturated carbocycles. The van der Waals surface area contributed by atoms with Gasteiger partial charge in [0, 0.05) is 40.0 Å². The predicted molar refractivity (Wildman–Crippen MR) is 102 cm³/mol. The minimum atomic E-state index is -0.143. The third-order valence-electron chi connectivity index (χ3n) is 6.90. The molecule has 1 N–H and O–H groups in total. The van der Waals surface area contributed by atoms with E-state index in [-0.39, 0.29) is 23.3 Å². The van der Waals surface area contributed by atoms with Gasteiger partial charge in [-0.05, 0) is 37.8 Å². The fourth-order valence-corrected chi connectivity index (χ4v) is 5.72. The molecule has 5 heterocycles. The first-order valence-electron chi connectivity index (χ1n) is 9.88. The van der Waals surface area contributed by atoms with Crippen LogP contribution in [0.4, 0.5) is 0 Å². The van der Waals surface area contributed by atoms with Crippen molar-refractivity contribution in [2.45, 2.75) is 63.1 Å². The van der Waals surface area contributed by atoms with Crippen molar-refractivity contribution in [1.82, 2.24) is 10.2 Å². The molecular formula is C21H25ClN2O3. The second kappa shape index (κ2) is 5.95. The zero-order valence-corrected chi connectivity index (χ0v) is 16.5. The summed E-state index contributed by atoms with van der Waals surface area (Å²) < 4.78 is 5.87. The number of carbonyl (C=O) groups is 2. The summed E-state index contributed by atoms with van der Waals surface area (Å²) in [5.74, 6) is 1.21. The van der Waals surface area contributed by atoms with Gasteiger partial charge in [-0.25, -0.2) is 0 Å². The monoisotopic (exact) mass is 388 g/mol. The lowest BCUT2D eigenvalue weighted by Crippen LogP contribution is -2.64. The first-order valence-corrected chi connectivity index (χ1v) is 10.3. The molecule has 5 atom stereocenters. The summed E-state index contributed by atoms with van der Waals surface area (Å²) in [5.41, 5.74) is 1.40. The summed E-state index contributed by atoms with van der Waals surface area (Å²) in [4.78, 5) is 27.4. The second-order valence-electron chi connectivity index (χ2n) is 9.26. The maximum absolute atomic E-state index is 13.0. The molecular weight excluding hydrogens is 364 g/mol. The highest BCUT2D eigenvalue weighted by Gasteiger charge is 2.48. The lowest BCUT2D eigenvalue weighted by Gasteiger charge is -2.54. The number of nitrogens with zero attached hydrogens (tertiary/aromatic N) is 1. The number of ketones is 1. The molecule has 1 aromatic carbocycles. The summed E-state index contributed by atoms with van der Waals surface area (Å²) in [6.07, 6.45) is 3.74. The lowest BCUT2D eigenvalue weighted by molar-refractivity contribution is -0.141. The van der Waals surface area contributed by atoms with E-state index in [4.69, 9.17) is 16.3 Å². The van der Waals surface area contributed by atoms with Crippen molar-refractivity contribution in [3.05, 3.63) is 28.3 Å². The number of hydrogen-bond acceptors (Lipinski definition) is 4. The fourth-order valence-electron chi connectivity index (χ4n) is 5.50. The van der Waals surface area contributed by atoms with Gasteiger partial charge in [0.25, 0.3) is 5.91 Å². The standard InChI is InChI=1S/C21H25ClN2O3/c1-21(2)10-27-19-16(5-12(22)6-17(19)21)20(26)23-13-7-14-3-11-4-15(8-13)24(14)9-18(11)25/h5-6,11,13-15H,3-4,7-10H2,1-2H3,(H,23,26)/t11?,13?,14-,15?/m1/s1. The topological polar surface area (TPSA) is 58.6 Å². The number of nitrogens with one attached hydrogen (secondary N) is 1. The first kappa shape index (κ1) is 17.5. The highest BCUT2D eigenvalue weighted by Crippen LogP contribution is 2.43. The molecule has 0 aliphatic carbocycles. The molecule has 5 aliphatic rings. The van der Waals surface area contributed by atoms with Crippen LogP contribution in [-0.2, 0) is 10.2 Å². The Hall–Kier alpha value is -1.59. The fraction of sp³-hybridized carbons (Fsp3) is 0.619. The van der Waals surface area contributed by atoms with Gasteiger partial charge in [0.2, 0.25) is 0 Å². The molecule has 4 bridgehead atoms. The smallest absolute Gasteiger partial charge is 0.255 e. The third-order valence-corrected chi connectivity index (χ3v) is 7.12. The lowest BCUT2D eigenvalue weighted by atomic mass is 9.71. The Bertz CT molecular complexity index is 821. The molecule has 1 aromatic rings. The van der Waals surface area contributed by atoms with E-state index in [0.717, 1.165) is 31.2 Å². The number of carbonyl (C=O) groups excluding carboxylic acids is 2. The maximum atomic E-state index is 13.0. The van der Waals surface area contributed by atoms with Crippen molar-refractivity contribution in [1.29, 1.82) is 0 Å². The molecule has 6 rings (SSSR count). The van der Waals surface area contributed by atoms with Crippen LogP contribution >= 0.6 is 11.6 Å². The summed E-state index contributed by atoms with van der Waals surface area (Å²) in [6, 6.07) is 4.61. The van der Waals surface area contributed by atoms with Crippen molar-refractivity contribution in [2.75, 3.05) is 13.2 Å². The number of Topliss-reactive ketones (excluding diaryl/α,β-unsaturated/α-hetero) is 1. The van der Waals surface area contributed by atoms with Crippen LogP contribution < -0.4 is 10.1 Å². The van der Waals surface area contributed by atoms with Crippen molar-refractivity contribution in [3.63, 3.8) is 0 Å². The van der Waals surface area contributed by atoms with Crippen LogP contribution in [0.3, 0.4) is 0 Å². The van der Waals surface area contributed by atoms with Crippen LogP contribution in [0.25, 0.3) is 0 Å². The van der Waals surface area contributed by atoms with Crippen molar-refractivity contribution in [2.24, 2.45) is 5.92 Å². The maximum Gasteiger partial charge on any atom is 0.255 e. The molecule has 0 spiro atoms. The van der Waals surface area contributed by atoms with E-state index in [1.165, 1.54) is 0 Å². The highest BCUT2D eigenvalue weighted by molar-refractivity contribution is 6.31. The van der Waals surface area contributed by atoms with Gasteiger partial charge >= 0.3 is 0 Å². The van der Waals surface area contributed by atoms with E-state index >= 15 is 0 Å². The van der Waals surface area contributed by atoms with Gasteiger partial charge in [-0.2, -0.15) is 0 Å². The van der Waals surface area contributed by atoms with Crippen LogP contribution in [0.5, 0.6) is 5.75 Å². The molecule has 5 nitrogen and oxygen atoms in total. The number of ether oxygens (including phenoxy) is 1. The SMILES string of the molecule is CC1(C)COc2c(C(=O)NC3CC4CC5C[C@H](C3)N4CC5=O)cc(Cl)cc21. The quantitative estimate of drug-likeness (QED) is 0.846. The molecule has 5 aliphatic heterocycles. The number of benzene rings is 1. The van der Waals surface area contributed by atoms with Crippen molar-refractivity contribution >= 4 is 23.3 Å². The summed E-state index contributed by atoms with van der Waals surface area (Å²) in [6.45, 7) is 5.36. The molecule has 1 amide bonds. The number of halogens is 1. The van der Waals surface area contributed by atoms with E-state index in [1.54, 1.807) is 6.07 Å². The summed E-state index contributed by atoms with van der Waals surface area (Å²) in [5, 5.41) is 3.80. The Morgan fingerprint density at radius 1 is 1.22 bits per heavy atom. The Kier molecular flexibility index (Phi) is 3.86. The van der Waals surface area contributed by atoms with E-state index in [0.29, 0.717) is 47.4 Å². The van der Waals surface area contributed by atoms with Crippen molar-refractivity contribution in [3.8, 4) is 5.75 Å². The van der Waals surface area contributed by atoms with E-state index in [9.17, 15) is 9.59 Å². The number of rotatable bonds is 2. The van der Waals surface area contributed by atoms with Crippen LogP contribution in [0, 0.1) is 5.92 Å². The van der Waals surface area contributed by atoms with Crippen LogP contribution in [0.1, 0.15) is 55.5 Å². The molecule has 0 aromatic heterocycles. The molecule has 4 saturated heterocycles. The Balaban J connectivity index is 1.35. The first-order chi connectivity index (χ1) is 12.8. The van der Waals surface area contributed by atoms with Gasteiger partial charge in [0.1, 0.15) is 11.5 Å². The van der Waals surface area contributed by atoms with Crippen molar-refractivity contribution < 1.29 is 14.3 Å². The Morgan fingerprint density at radius 3 is 2.59 bits per heavy atom. The van der Waals surface area contributed by atoms with Gasteiger partial charge in [-0.15, -0.1) is 0 Å². The number of piperidine rings is 4. The van der Waals surface area contributed by atoms with Gasteiger partial charge in [-0.1, -0.05) is 25.4 Å². The summed E-state index contributed by atoms with van der Waals surface area (Å²) >= 11 is 6.30. The molecule has 6 heteroatoms. The second-order valence-corrected chi connectivity index (χ2v) is 9.70. The average Bonchev–Trinajstić information content (AvgIpc) is 2.89. The highest BCUT2D eigenvalue weighted by atomic mass is 35.5. The van der Waals surface area contributed by atoms with Gasteiger partial charge in [0.05, 0.1) is 18.7 Å². The molecule has 27 heavy (non-hydrogen) atoms. The van der Waals surface area contributed by atoms with Gasteiger partial charge < -0.3 is 10.1 Å². The number of hydrogen-bond donors (Lipinski definition) is 1. The molecule has 0 radical (unpaired) electrons. The third kappa shape index (κ3) is 2.78. The summed E-state index contributed by atoms with van der Waals surface area (Å²) in [7, 11) is 0. The average molecular weight is 389 g/mol. The molecule has 4 fully saturated rings. The molecule has 144 valence electrons. The minimum Gasteiger partial charge on any atom is -0.492 e. The van der Waals surface area contributed by atoms with Crippen LogP contribution in [0.15, 0.2) is 12.1 Å².